The number of hydrogen-bond donors (Lipinski definition) is 3. The maximum absolute atomic E-state index is 11.1. The highest BCUT2D eigenvalue weighted by Crippen LogP contribution is 2.36. The van der Waals surface area contributed by atoms with Gasteiger partial charge in [0.1, 0.15) is 0 Å². The van der Waals surface area contributed by atoms with Crippen LogP contribution in [0, 0.1) is 20.2 Å². The Hall–Kier alpha value is -2.75. The minimum Gasteiger partial charge on any atom is -0.497 e. The van der Waals surface area contributed by atoms with E-state index in [2.05, 4.69) is 0 Å². The van der Waals surface area contributed by atoms with E-state index in [-0.39, 0.29) is 0 Å². The van der Waals surface area contributed by atoms with Gasteiger partial charge in [-0.15, -0.1) is 0 Å². The zero-order valence-corrected chi connectivity index (χ0v) is 8.11. The van der Waals surface area contributed by atoms with E-state index >= 15 is 0 Å². The van der Waals surface area contributed by atoms with Gasteiger partial charge in [0.2, 0.25) is 0 Å². The highest BCUT2D eigenvalue weighted by Gasteiger charge is 2.27. The Labute approximate surface area is 92.9 Å². The molecule has 0 unspecified atom stereocenters. The number of phenols is 1. The number of nitro benzene ring substituents is 2. The second-order valence-electron chi connectivity index (χ2n) is 2.85. The zero-order valence-electron chi connectivity index (χ0n) is 8.11. The summed E-state index contributed by atoms with van der Waals surface area (Å²) in [7, 11) is 0. The average molecular weight is 242 g/mol. The molecule has 1 aromatic carbocycles. The Morgan fingerprint density at radius 3 is 1.94 bits per heavy atom. The molecule has 0 bridgehead atoms. The van der Waals surface area contributed by atoms with Crippen molar-refractivity contribution in [1.29, 1.82) is 0 Å². The summed E-state index contributed by atoms with van der Waals surface area (Å²) in [6.07, 6.45) is 0. The third-order valence-corrected chi connectivity index (χ3v) is 1.86. The second-order valence-corrected chi connectivity index (χ2v) is 2.85. The van der Waals surface area contributed by atoms with Crippen molar-refractivity contribution in [3.63, 3.8) is 0 Å². The van der Waals surface area contributed by atoms with Crippen LogP contribution in [0.15, 0.2) is 12.1 Å². The summed E-state index contributed by atoms with van der Waals surface area (Å²) in [6.45, 7) is 0. The van der Waals surface area contributed by atoms with Crippen molar-refractivity contribution in [2.24, 2.45) is 5.84 Å². The van der Waals surface area contributed by atoms with Crippen LogP contribution >= 0.6 is 0 Å². The molecule has 10 heteroatoms. The van der Waals surface area contributed by atoms with Crippen LogP contribution in [0.25, 0.3) is 0 Å². The van der Waals surface area contributed by atoms with Crippen molar-refractivity contribution in [2.45, 2.75) is 0 Å². The first-order valence-electron chi connectivity index (χ1n) is 4.05. The van der Waals surface area contributed by atoms with Gasteiger partial charge in [-0.2, -0.15) is 0 Å². The lowest BCUT2D eigenvalue weighted by Gasteiger charge is -2.02. The lowest BCUT2D eigenvalue weighted by molar-refractivity contribution is -0.396. The summed E-state index contributed by atoms with van der Waals surface area (Å²) >= 11 is 0. The molecule has 0 fully saturated rings. The van der Waals surface area contributed by atoms with E-state index in [1.807, 2.05) is 0 Å². The number of nitrogens with zero attached hydrogens (tertiary/aromatic N) is 2. The number of carbonyl (C=O) groups excluding carboxylic acids is 1. The summed E-state index contributed by atoms with van der Waals surface area (Å²) in [5.41, 5.74) is -0.625. The van der Waals surface area contributed by atoms with Gasteiger partial charge in [0.25, 0.3) is 11.7 Å². The Kier molecular flexibility index (Phi) is 3.19. The molecule has 0 aromatic heterocycles. The second kappa shape index (κ2) is 4.40. The number of hydrogen-bond acceptors (Lipinski definition) is 7. The molecule has 0 spiro atoms. The largest absolute Gasteiger partial charge is 0.497 e. The summed E-state index contributed by atoms with van der Waals surface area (Å²) < 4.78 is 0. The normalized spacial score (nSPS) is 9.71. The molecule has 0 heterocycles. The average Bonchev–Trinajstić information content (AvgIpc) is 2.27. The number of aromatic hydroxyl groups is 1. The van der Waals surface area contributed by atoms with Crippen LogP contribution in [0.2, 0.25) is 0 Å². The Balaban J connectivity index is 3.52. The standard InChI is InChI=1S/C7H6N4O6/c8-9-7(13)3-1-4(10(14)15)6(12)5(2-3)11(16)17/h1-2,12H,8H2,(H,9,13). The van der Waals surface area contributed by atoms with Crippen molar-refractivity contribution in [3.05, 3.63) is 37.9 Å². The number of amides is 1. The summed E-state index contributed by atoms with van der Waals surface area (Å²) in [5.74, 6) is 2.73. The van der Waals surface area contributed by atoms with Crippen LogP contribution in [-0.4, -0.2) is 20.9 Å². The van der Waals surface area contributed by atoms with Crippen molar-refractivity contribution in [2.75, 3.05) is 0 Å². The van der Waals surface area contributed by atoms with E-state index in [1.165, 1.54) is 0 Å². The number of phenolic OH excluding ortho intramolecular Hbond substituents is 1. The third-order valence-electron chi connectivity index (χ3n) is 1.86. The van der Waals surface area contributed by atoms with E-state index in [0.29, 0.717) is 12.1 Å². The molecule has 1 amide bonds. The maximum Gasteiger partial charge on any atom is 0.318 e. The van der Waals surface area contributed by atoms with E-state index in [0.717, 1.165) is 0 Å². The number of nitrogens with two attached hydrogens (primary N) is 1. The summed E-state index contributed by atoms with van der Waals surface area (Å²) in [5, 5.41) is 30.3. The maximum atomic E-state index is 11.1. The highest BCUT2D eigenvalue weighted by atomic mass is 16.6. The molecule has 0 saturated carbocycles. The quantitative estimate of drug-likeness (QED) is 0.286. The first-order chi connectivity index (χ1) is 7.88. The fraction of sp³-hybridized carbons (Fsp3) is 0. The van der Waals surface area contributed by atoms with Gasteiger partial charge in [0.05, 0.1) is 15.4 Å². The highest BCUT2D eigenvalue weighted by molar-refractivity contribution is 5.95. The van der Waals surface area contributed by atoms with Crippen molar-refractivity contribution in [1.82, 2.24) is 5.43 Å². The molecule has 0 atom stereocenters. The smallest absolute Gasteiger partial charge is 0.318 e. The molecule has 0 saturated heterocycles. The minimum atomic E-state index is -1.12. The SMILES string of the molecule is NNC(=O)c1cc([N+](=O)[O-])c(O)c([N+](=O)[O-])c1. The number of carbonyl (C=O) groups is 1. The number of hydrazine groups is 1. The van der Waals surface area contributed by atoms with Crippen LogP contribution in [0.4, 0.5) is 11.4 Å². The van der Waals surface area contributed by atoms with Gasteiger partial charge >= 0.3 is 11.4 Å². The van der Waals surface area contributed by atoms with E-state index in [9.17, 15) is 30.1 Å². The van der Waals surface area contributed by atoms with Crippen LogP contribution in [0.3, 0.4) is 0 Å². The molecule has 0 aliphatic rings. The predicted molar refractivity (Wildman–Crippen MR) is 53.1 cm³/mol. The number of nitro groups is 2. The van der Waals surface area contributed by atoms with Crippen LogP contribution in [0.5, 0.6) is 5.75 Å². The molecule has 17 heavy (non-hydrogen) atoms. The molecule has 0 aliphatic carbocycles. The topological polar surface area (TPSA) is 162 Å². The molecule has 1 aromatic rings. The van der Waals surface area contributed by atoms with Crippen molar-refractivity contribution < 1.29 is 19.7 Å². The molecule has 0 aliphatic heterocycles. The molecule has 0 radical (unpaired) electrons. The number of rotatable bonds is 3. The number of nitrogens with one attached hydrogen (secondary N) is 1. The molecule has 90 valence electrons. The van der Waals surface area contributed by atoms with E-state index < -0.39 is 38.4 Å². The molecular formula is C7H6N4O6. The van der Waals surface area contributed by atoms with Crippen LogP contribution in [-0.2, 0) is 0 Å². The van der Waals surface area contributed by atoms with Crippen LogP contribution in [0.1, 0.15) is 10.4 Å². The minimum absolute atomic E-state index is 0.399. The van der Waals surface area contributed by atoms with E-state index in [1.54, 1.807) is 5.43 Å². The first-order valence-corrected chi connectivity index (χ1v) is 4.05. The Morgan fingerprint density at radius 2 is 1.65 bits per heavy atom. The predicted octanol–water partition coefficient (Wildman–Crippen LogP) is -0.188. The molecule has 4 N–H and O–H groups in total. The molecule has 10 nitrogen and oxygen atoms in total. The number of benzene rings is 1. The summed E-state index contributed by atoms with van der Waals surface area (Å²) in [6, 6.07) is 1.37. The Morgan fingerprint density at radius 1 is 1.24 bits per heavy atom. The fourth-order valence-electron chi connectivity index (χ4n) is 1.10. The van der Waals surface area contributed by atoms with Gasteiger partial charge in [0, 0.05) is 12.1 Å². The van der Waals surface area contributed by atoms with Crippen molar-refractivity contribution >= 4 is 17.3 Å². The van der Waals surface area contributed by atoms with Gasteiger partial charge < -0.3 is 5.11 Å². The molecular weight excluding hydrogens is 236 g/mol. The zero-order chi connectivity index (χ0) is 13.2. The van der Waals surface area contributed by atoms with Gasteiger partial charge in [-0.3, -0.25) is 30.4 Å². The lowest BCUT2D eigenvalue weighted by Crippen LogP contribution is -2.30. The van der Waals surface area contributed by atoms with Gasteiger partial charge in [-0.1, -0.05) is 0 Å². The van der Waals surface area contributed by atoms with Gasteiger partial charge in [-0.05, 0) is 0 Å². The van der Waals surface area contributed by atoms with Crippen LogP contribution < -0.4 is 11.3 Å². The first kappa shape index (κ1) is 12.3. The summed E-state index contributed by atoms with van der Waals surface area (Å²) in [4.78, 5) is 30.1. The van der Waals surface area contributed by atoms with Gasteiger partial charge in [0.15, 0.2) is 0 Å². The van der Waals surface area contributed by atoms with E-state index in [4.69, 9.17) is 5.84 Å². The fourth-order valence-corrected chi connectivity index (χ4v) is 1.10. The third kappa shape index (κ3) is 2.26. The monoisotopic (exact) mass is 242 g/mol. The van der Waals surface area contributed by atoms with Gasteiger partial charge in [-0.25, -0.2) is 5.84 Å². The van der Waals surface area contributed by atoms with Crippen molar-refractivity contribution in [3.8, 4) is 5.75 Å². The number of nitrogen functional groups attached to an aromatic ring is 1. The molecule has 1 rings (SSSR count). The Bertz CT molecular complexity index is 478. The lowest BCUT2D eigenvalue weighted by atomic mass is 10.1.